The van der Waals surface area contributed by atoms with Crippen LogP contribution in [0.5, 0.6) is 0 Å². The minimum Gasteiger partial charge on any atom is -0.466 e. The minimum absolute atomic E-state index is 0.0126. The van der Waals surface area contributed by atoms with Gasteiger partial charge in [0, 0.05) is 37.5 Å². The zero-order valence-corrected chi connectivity index (χ0v) is 37.5. The molecule has 5 heterocycles. The van der Waals surface area contributed by atoms with Crippen LogP contribution in [0.25, 0.3) is 21.8 Å². The number of aryl methyl sites for hydroxylation is 4. The number of thiophene rings is 1. The lowest BCUT2D eigenvalue weighted by atomic mass is 9.74. The molecule has 0 unspecified atom stereocenters. The smallest absolute Gasteiger partial charge is 0.312 e. The molecule has 322 valence electrons. The molecule has 0 aliphatic carbocycles. The van der Waals surface area contributed by atoms with E-state index in [9.17, 15) is 19.2 Å². The Bertz CT molecular complexity index is 2310. The van der Waals surface area contributed by atoms with Crippen LogP contribution in [-0.2, 0) is 32.2 Å². The molecule has 0 bridgehead atoms. The molecule has 2 aliphatic heterocycles. The Kier molecular flexibility index (Phi) is 16.3. The maximum Gasteiger partial charge on any atom is 0.312 e. The monoisotopic (exact) mass is 854 g/mol. The summed E-state index contributed by atoms with van der Waals surface area (Å²) in [6.07, 6.45) is 6.30. The largest absolute Gasteiger partial charge is 0.466 e. The SMILES string of the molecule is CCOC(=O)C1(CCCn2c(=O)ccc3ccc(C)cc32)CCN(CCSc2cccs2)CC1.CCOC(=O)C1(CCCn2c(=O)ccc3ccc(C)cc32)CCNCC1. The second-order valence-electron chi connectivity index (χ2n) is 16.4. The van der Waals surface area contributed by atoms with Crippen LogP contribution in [0.1, 0.15) is 76.3 Å². The fourth-order valence-corrected chi connectivity index (χ4v) is 10.7. The van der Waals surface area contributed by atoms with Gasteiger partial charge < -0.3 is 28.8 Å². The molecule has 12 heteroatoms. The van der Waals surface area contributed by atoms with Gasteiger partial charge in [0.15, 0.2) is 0 Å². The quantitative estimate of drug-likeness (QED) is 0.0771. The number of nitrogens with zero attached hydrogens (tertiary/aromatic N) is 3. The van der Waals surface area contributed by atoms with E-state index < -0.39 is 10.8 Å². The van der Waals surface area contributed by atoms with Gasteiger partial charge in [0.1, 0.15) is 0 Å². The van der Waals surface area contributed by atoms with Crippen molar-refractivity contribution in [2.24, 2.45) is 10.8 Å². The van der Waals surface area contributed by atoms with Gasteiger partial charge in [0.25, 0.3) is 11.1 Å². The van der Waals surface area contributed by atoms with Crippen LogP contribution >= 0.6 is 23.1 Å². The van der Waals surface area contributed by atoms with E-state index in [1.54, 1.807) is 23.5 Å². The number of carbonyl (C=O) groups excluding carboxylic acids is 2. The van der Waals surface area contributed by atoms with Gasteiger partial charge in [-0.05, 0) is 163 Å². The van der Waals surface area contributed by atoms with Gasteiger partial charge in [-0.25, -0.2) is 0 Å². The number of nitrogens with one attached hydrogen (secondary N) is 1. The average Bonchev–Trinajstić information content (AvgIpc) is 3.77. The molecule has 10 nitrogen and oxygen atoms in total. The summed E-state index contributed by atoms with van der Waals surface area (Å²) in [4.78, 5) is 53.1. The molecule has 60 heavy (non-hydrogen) atoms. The number of likely N-dealkylation sites (tertiary alicyclic amines) is 1. The van der Waals surface area contributed by atoms with Gasteiger partial charge in [-0.15, -0.1) is 23.1 Å². The third-order valence-electron chi connectivity index (χ3n) is 12.3. The van der Waals surface area contributed by atoms with Crippen LogP contribution in [-0.4, -0.2) is 77.7 Å². The average molecular weight is 855 g/mol. The summed E-state index contributed by atoms with van der Waals surface area (Å²) in [6.45, 7) is 14.4. The highest BCUT2D eigenvalue weighted by atomic mass is 32.2. The zero-order valence-electron chi connectivity index (χ0n) is 35.8. The maximum absolute atomic E-state index is 13.1. The first-order valence-corrected chi connectivity index (χ1v) is 23.6. The number of hydrogen-bond acceptors (Lipinski definition) is 10. The fraction of sp³-hybridized carbons (Fsp3) is 0.500. The molecule has 0 atom stereocenters. The minimum atomic E-state index is -0.447. The van der Waals surface area contributed by atoms with E-state index in [1.165, 1.54) is 4.21 Å². The molecule has 2 aromatic carbocycles. The van der Waals surface area contributed by atoms with Crippen molar-refractivity contribution in [1.29, 1.82) is 0 Å². The Balaban J connectivity index is 0.000000209. The molecule has 0 amide bonds. The first-order valence-electron chi connectivity index (χ1n) is 21.7. The van der Waals surface area contributed by atoms with Gasteiger partial charge in [-0.1, -0.05) is 30.3 Å². The molecule has 5 aromatic rings. The van der Waals surface area contributed by atoms with E-state index in [0.29, 0.717) is 26.3 Å². The molecule has 0 saturated carbocycles. The zero-order chi connectivity index (χ0) is 42.5. The molecule has 0 spiro atoms. The van der Waals surface area contributed by atoms with Crippen LogP contribution < -0.4 is 16.4 Å². The summed E-state index contributed by atoms with van der Waals surface area (Å²) in [5.41, 5.74) is 3.38. The summed E-state index contributed by atoms with van der Waals surface area (Å²) >= 11 is 3.69. The van der Waals surface area contributed by atoms with E-state index in [-0.39, 0.29) is 23.1 Å². The highest BCUT2D eigenvalue weighted by Crippen LogP contribution is 2.39. The van der Waals surface area contributed by atoms with E-state index >= 15 is 0 Å². The van der Waals surface area contributed by atoms with Gasteiger partial charge in [0.05, 0.1) is 39.3 Å². The Labute approximate surface area is 362 Å². The molecule has 0 radical (unpaired) electrons. The Morgan fingerprint density at radius 2 is 1.20 bits per heavy atom. The third-order valence-corrected chi connectivity index (χ3v) is 14.4. The summed E-state index contributed by atoms with van der Waals surface area (Å²) in [5, 5.41) is 7.57. The lowest BCUT2D eigenvalue weighted by Crippen LogP contribution is -2.46. The van der Waals surface area contributed by atoms with Crippen LogP contribution in [0.3, 0.4) is 0 Å². The van der Waals surface area contributed by atoms with E-state index in [4.69, 9.17) is 9.47 Å². The van der Waals surface area contributed by atoms with Crippen molar-refractivity contribution in [2.45, 2.75) is 96.4 Å². The van der Waals surface area contributed by atoms with Gasteiger partial charge in [0.2, 0.25) is 0 Å². The number of piperidine rings is 2. The number of ether oxygens (including phenoxy) is 2. The van der Waals surface area contributed by atoms with Gasteiger partial charge in [-0.2, -0.15) is 0 Å². The first-order chi connectivity index (χ1) is 29.1. The number of esters is 2. The number of carbonyl (C=O) groups is 2. The highest BCUT2D eigenvalue weighted by Gasteiger charge is 2.42. The lowest BCUT2D eigenvalue weighted by molar-refractivity contribution is -0.159. The van der Waals surface area contributed by atoms with Crippen molar-refractivity contribution in [3.8, 4) is 0 Å². The number of rotatable bonds is 16. The standard InChI is InChI=1S/C27H34N2O3S2.C21H28N2O3/c1-3-32-26(31)27(12-15-28(16-13-27)17-19-34-25-6-4-18-33-25)11-5-14-29-23-20-21(2)7-8-22(23)9-10-24(29)30;1-3-26-20(25)21(10-12-22-13-11-21)9-4-14-23-18-15-16(2)5-6-17(18)7-8-19(23)24/h4,6-10,18,20H,3,5,11-17,19H2,1-2H3;5-8,15,22H,3-4,9-14H2,1-2H3. The van der Waals surface area contributed by atoms with E-state index in [0.717, 1.165) is 123 Å². The molecule has 2 saturated heterocycles. The number of pyridine rings is 2. The van der Waals surface area contributed by atoms with Gasteiger partial charge in [-0.3, -0.25) is 19.2 Å². The Morgan fingerprint density at radius 1 is 0.700 bits per heavy atom. The number of thioether (sulfide) groups is 1. The summed E-state index contributed by atoms with van der Waals surface area (Å²) in [7, 11) is 0. The van der Waals surface area contributed by atoms with Crippen LogP contribution in [0, 0.1) is 24.7 Å². The molecule has 3 aromatic heterocycles. The van der Waals surface area contributed by atoms with Crippen LogP contribution in [0.2, 0.25) is 0 Å². The normalized spacial score (nSPS) is 16.3. The number of benzene rings is 2. The van der Waals surface area contributed by atoms with Crippen LogP contribution in [0.4, 0.5) is 0 Å². The number of fused-ring (bicyclic) bond motifs is 2. The Hall–Kier alpha value is -4.23. The van der Waals surface area contributed by atoms with E-state index in [2.05, 4.69) is 58.1 Å². The predicted octanol–water partition coefficient (Wildman–Crippen LogP) is 8.61. The molecule has 2 aliphatic rings. The Morgan fingerprint density at radius 3 is 1.68 bits per heavy atom. The highest BCUT2D eigenvalue weighted by molar-refractivity contribution is 8.01. The van der Waals surface area contributed by atoms with Crippen molar-refractivity contribution >= 4 is 56.8 Å². The second kappa shape index (κ2) is 21.5. The molecule has 1 N–H and O–H groups in total. The number of hydrogen-bond donors (Lipinski definition) is 1. The van der Waals surface area contributed by atoms with E-state index in [1.807, 2.05) is 66.8 Å². The lowest BCUT2D eigenvalue weighted by Gasteiger charge is -2.40. The summed E-state index contributed by atoms with van der Waals surface area (Å²) in [5.74, 6) is 0.919. The van der Waals surface area contributed by atoms with Gasteiger partial charge >= 0.3 is 11.9 Å². The molecule has 2 fully saturated rings. The topological polar surface area (TPSA) is 112 Å². The summed E-state index contributed by atoms with van der Waals surface area (Å²) < 4.78 is 15.9. The van der Waals surface area contributed by atoms with Crippen molar-refractivity contribution < 1.29 is 19.1 Å². The maximum atomic E-state index is 13.1. The first kappa shape index (κ1) is 45.3. The molecular formula is C48H62N4O6S2. The van der Waals surface area contributed by atoms with Crippen LogP contribution in [0.15, 0.2) is 92.0 Å². The number of aromatic nitrogens is 2. The molecule has 7 rings (SSSR count). The second-order valence-corrected chi connectivity index (χ2v) is 18.7. The van der Waals surface area contributed by atoms with Crippen molar-refractivity contribution in [3.63, 3.8) is 0 Å². The van der Waals surface area contributed by atoms with Crippen molar-refractivity contribution in [3.05, 3.63) is 110 Å². The van der Waals surface area contributed by atoms with Crippen molar-refractivity contribution in [1.82, 2.24) is 19.4 Å². The fourth-order valence-electron chi connectivity index (χ4n) is 8.82. The predicted molar refractivity (Wildman–Crippen MR) is 245 cm³/mol. The third kappa shape index (κ3) is 11.4. The molecular weight excluding hydrogens is 793 g/mol. The summed E-state index contributed by atoms with van der Waals surface area (Å²) in [6, 6.07) is 23.7. The van der Waals surface area contributed by atoms with Crippen molar-refractivity contribution in [2.75, 3.05) is 51.7 Å².